The molecule has 3 N–H and O–H groups in total. The molecule has 0 bridgehead atoms. The molecule has 4 heteroatoms. The quantitative estimate of drug-likeness (QED) is 0.481. The highest BCUT2D eigenvalue weighted by molar-refractivity contribution is 5.83. The number of amides is 1. The highest BCUT2D eigenvalue weighted by Gasteiger charge is 2.26. The van der Waals surface area contributed by atoms with Crippen molar-refractivity contribution in [1.29, 1.82) is 0 Å². The van der Waals surface area contributed by atoms with Gasteiger partial charge >= 0.3 is 0 Å². The molecular formula is C15H23N3O. The first-order valence-electron chi connectivity index (χ1n) is 6.98. The van der Waals surface area contributed by atoms with Gasteiger partial charge in [0.15, 0.2) is 0 Å². The van der Waals surface area contributed by atoms with Crippen LogP contribution in [0.5, 0.6) is 0 Å². The van der Waals surface area contributed by atoms with Gasteiger partial charge in [-0.2, -0.15) is 0 Å². The highest BCUT2D eigenvalue weighted by Crippen LogP contribution is 2.25. The number of benzene rings is 1. The number of carbonyl (C=O) groups is 1. The normalized spacial score (nSPS) is 17.6. The summed E-state index contributed by atoms with van der Waals surface area (Å²) in [7, 11) is 2.11. The van der Waals surface area contributed by atoms with E-state index in [1.165, 1.54) is 25.7 Å². The van der Waals surface area contributed by atoms with Crippen LogP contribution in [0.25, 0.3) is 0 Å². The molecule has 0 aromatic heterocycles. The number of hydrazine groups is 1. The van der Waals surface area contributed by atoms with Crippen LogP contribution >= 0.6 is 0 Å². The van der Waals surface area contributed by atoms with E-state index in [0.29, 0.717) is 6.04 Å². The van der Waals surface area contributed by atoms with Gasteiger partial charge in [0.25, 0.3) is 0 Å². The molecule has 1 aromatic rings. The number of rotatable bonds is 5. The molecule has 0 aliphatic heterocycles. The number of hydrogen-bond acceptors (Lipinski definition) is 3. The fraction of sp³-hybridized carbons (Fsp3) is 0.533. The molecule has 19 heavy (non-hydrogen) atoms. The van der Waals surface area contributed by atoms with Crippen LogP contribution < -0.4 is 11.3 Å². The third kappa shape index (κ3) is 3.55. The van der Waals surface area contributed by atoms with E-state index in [0.717, 1.165) is 12.1 Å². The van der Waals surface area contributed by atoms with Crippen molar-refractivity contribution in [3.8, 4) is 0 Å². The van der Waals surface area contributed by atoms with Crippen molar-refractivity contribution in [3.05, 3.63) is 35.9 Å². The minimum Gasteiger partial charge on any atom is -0.302 e. The van der Waals surface area contributed by atoms with E-state index in [2.05, 4.69) is 17.4 Å². The van der Waals surface area contributed by atoms with Gasteiger partial charge in [-0.25, -0.2) is 5.84 Å². The summed E-state index contributed by atoms with van der Waals surface area (Å²) in [5.41, 5.74) is 3.32. The average Bonchev–Trinajstić information content (AvgIpc) is 2.99. The molecule has 0 saturated heterocycles. The molecule has 0 spiro atoms. The Morgan fingerprint density at radius 3 is 2.58 bits per heavy atom. The van der Waals surface area contributed by atoms with Gasteiger partial charge in [0.2, 0.25) is 5.91 Å². The predicted octanol–water partition coefficient (Wildman–Crippen LogP) is 1.63. The predicted molar refractivity (Wildman–Crippen MR) is 76.4 cm³/mol. The largest absolute Gasteiger partial charge is 0.302 e. The van der Waals surface area contributed by atoms with Crippen LogP contribution in [0.15, 0.2) is 30.3 Å². The van der Waals surface area contributed by atoms with E-state index in [1.807, 2.05) is 30.3 Å². The van der Waals surface area contributed by atoms with Crippen LogP contribution in [-0.4, -0.2) is 30.4 Å². The first kappa shape index (κ1) is 14.0. The summed E-state index contributed by atoms with van der Waals surface area (Å²) in [6.07, 6.45) is 5.08. The van der Waals surface area contributed by atoms with Crippen LogP contribution in [0.2, 0.25) is 0 Å². The van der Waals surface area contributed by atoms with Crippen molar-refractivity contribution in [1.82, 2.24) is 10.3 Å². The molecule has 1 aliphatic rings. The van der Waals surface area contributed by atoms with E-state index >= 15 is 0 Å². The molecule has 0 radical (unpaired) electrons. The minimum atomic E-state index is -0.197. The van der Waals surface area contributed by atoms with Gasteiger partial charge in [-0.05, 0) is 25.5 Å². The average molecular weight is 261 g/mol. The lowest BCUT2D eigenvalue weighted by molar-refractivity contribution is -0.123. The lowest BCUT2D eigenvalue weighted by Crippen LogP contribution is -2.41. The molecule has 104 valence electrons. The Bertz CT molecular complexity index is 401. The molecular weight excluding hydrogens is 238 g/mol. The number of likely N-dealkylation sites (N-methyl/N-ethyl adjacent to an activating group) is 1. The second kappa shape index (κ2) is 6.68. The zero-order valence-corrected chi connectivity index (χ0v) is 11.5. The van der Waals surface area contributed by atoms with Gasteiger partial charge < -0.3 is 4.90 Å². The topological polar surface area (TPSA) is 58.4 Å². The van der Waals surface area contributed by atoms with Crippen molar-refractivity contribution in [2.75, 3.05) is 13.6 Å². The number of nitrogens with one attached hydrogen (secondary N) is 1. The second-order valence-corrected chi connectivity index (χ2v) is 5.35. The molecule has 1 atom stereocenters. The Hall–Kier alpha value is -1.39. The fourth-order valence-corrected chi connectivity index (χ4v) is 2.91. The van der Waals surface area contributed by atoms with Crippen LogP contribution in [-0.2, 0) is 4.79 Å². The molecule has 1 aliphatic carbocycles. The summed E-state index contributed by atoms with van der Waals surface area (Å²) in [4.78, 5) is 14.3. The van der Waals surface area contributed by atoms with Gasteiger partial charge in [-0.3, -0.25) is 10.2 Å². The lowest BCUT2D eigenvalue weighted by atomic mass is 9.97. The van der Waals surface area contributed by atoms with Crippen LogP contribution in [0.3, 0.4) is 0 Å². The number of nitrogens with two attached hydrogens (primary N) is 1. The monoisotopic (exact) mass is 261 g/mol. The fourth-order valence-electron chi connectivity index (χ4n) is 2.91. The van der Waals surface area contributed by atoms with Crippen molar-refractivity contribution >= 4 is 5.91 Å². The van der Waals surface area contributed by atoms with E-state index < -0.39 is 0 Å². The third-order valence-electron chi connectivity index (χ3n) is 4.08. The molecule has 1 saturated carbocycles. The van der Waals surface area contributed by atoms with Crippen LogP contribution in [0.1, 0.15) is 37.2 Å². The number of nitrogens with zero attached hydrogens (tertiary/aromatic N) is 1. The summed E-state index contributed by atoms with van der Waals surface area (Å²) in [6, 6.07) is 10.5. The highest BCUT2D eigenvalue weighted by atomic mass is 16.2. The first-order chi connectivity index (χ1) is 9.22. The van der Waals surface area contributed by atoms with E-state index in [1.54, 1.807) is 0 Å². The number of carbonyl (C=O) groups excluding carboxylic acids is 1. The summed E-state index contributed by atoms with van der Waals surface area (Å²) in [5, 5.41) is 0. The summed E-state index contributed by atoms with van der Waals surface area (Å²) < 4.78 is 0. The van der Waals surface area contributed by atoms with E-state index in [4.69, 9.17) is 5.84 Å². The molecule has 4 nitrogen and oxygen atoms in total. The molecule has 2 rings (SSSR count). The molecule has 1 amide bonds. The zero-order chi connectivity index (χ0) is 13.7. The molecule has 0 heterocycles. The second-order valence-electron chi connectivity index (χ2n) is 5.35. The number of hydrogen-bond donors (Lipinski definition) is 2. The Labute approximate surface area is 114 Å². The van der Waals surface area contributed by atoms with Crippen molar-refractivity contribution < 1.29 is 4.79 Å². The Morgan fingerprint density at radius 2 is 2.00 bits per heavy atom. The van der Waals surface area contributed by atoms with Crippen molar-refractivity contribution in [3.63, 3.8) is 0 Å². The Kier molecular flexibility index (Phi) is 4.93. The first-order valence-corrected chi connectivity index (χ1v) is 6.98. The maximum Gasteiger partial charge on any atom is 0.242 e. The zero-order valence-electron chi connectivity index (χ0n) is 11.5. The maximum absolute atomic E-state index is 12.0. The third-order valence-corrected chi connectivity index (χ3v) is 4.08. The van der Waals surface area contributed by atoms with Crippen molar-refractivity contribution in [2.45, 2.75) is 37.6 Å². The van der Waals surface area contributed by atoms with Gasteiger partial charge in [0, 0.05) is 12.6 Å². The summed E-state index contributed by atoms with van der Waals surface area (Å²) >= 11 is 0. The Morgan fingerprint density at radius 1 is 1.37 bits per heavy atom. The molecule has 1 unspecified atom stereocenters. The SMILES string of the molecule is CN(CC(C(=O)NN)c1ccccc1)C1CCCC1. The Balaban J connectivity index is 2.08. The van der Waals surface area contributed by atoms with Gasteiger partial charge in [0.05, 0.1) is 5.92 Å². The van der Waals surface area contributed by atoms with E-state index in [9.17, 15) is 4.79 Å². The van der Waals surface area contributed by atoms with Gasteiger partial charge in [0.1, 0.15) is 0 Å². The lowest BCUT2D eigenvalue weighted by Gasteiger charge is -2.28. The van der Waals surface area contributed by atoms with Crippen molar-refractivity contribution in [2.24, 2.45) is 5.84 Å². The standard InChI is InChI=1S/C15H23N3O/c1-18(13-9-5-6-10-13)11-14(15(19)17-16)12-7-3-2-4-8-12/h2-4,7-8,13-14H,5-6,9-11,16H2,1H3,(H,17,19). The summed E-state index contributed by atoms with van der Waals surface area (Å²) in [6.45, 7) is 0.720. The van der Waals surface area contributed by atoms with E-state index in [-0.39, 0.29) is 11.8 Å². The van der Waals surface area contributed by atoms with Crippen LogP contribution in [0, 0.1) is 0 Å². The molecule has 1 fully saturated rings. The molecule has 1 aromatic carbocycles. The van der Waals surface area contributed by atoms with Gasteiger partial charge in [-0.1, -0.05) is 43.2 Å². The maximum atomic E-state index is 12.0. The smallest absolute Gasteiger partial charge is 0.242 e. The van der Waals surface area contributed by atoms with Crippen LogP contribution in [0.4, 0.5) is 0 Å². The summed E-state index contributed by atoms with van der Waals surface area (Å²) in [5.74, 6) is 5.01. The van der Waals surface area contributed by atoms with Gasteiger partial charge in [-0.15, -0.1) is 0 Å². The minimum absolute atomic E-state index is 0.115.